The van der Waals surface area contributed by atoms with Gasteiger partial charge in [-0.3, -0.25) is 0 Å². The summed E-state index contributed by atoms with van der Waals surface area (Å²) in [5.74, 6) is 0. The Labute approximate surface area is 110 Å². The lowest BCUT2D eigenvalue weighted by atomic mass is 9.89. The molecule has 1 aromatic carbocycles. The Morgan fingerprint density at radius 2 is 1.94 bits per heavy atom. The third-order valence-electron chi connectivity index (χ3n) is 4.03. The summed E-state index contributed by atoms with van der Waals surface area (Å²) in [4.78, 5) is 0. The number of fused-ring (bicyclic) bond motifs is 1. The second-order valence-electron chi connectivity index (χ2n) is 5.47. The minimum absolute atomic E-state index is 0.383. The average Bonchev–Trinajstić information content (AvgIpc) is 2.43. The maximum atomic E-state index is 10.2. The predicted octanol–water partition coefficient (Wildman–Crippen LogP) is 2.99. The molecule has 18 heavy (non-hydrogen) atoms. The Balaban J connectivity index is 1.99. The van der Waals surface area contributed by atoms with Crippen LogP contribution in [0, 0.1) is 0 Å². The fraction of sp³-hybridized carbons (Fsp3) is 0.625. The van der Waals surface area contributed by atoms with Crippen LogP contribution in [0.5, 0.6) is 0 Å². The van der Waals surface area contributed by atoms with Crippen LogP contribution in [0.4, 0.5) is 0 Å². The van der Waals surface area contributed by atoms with Gasteiger partial charge in [0.25, 0.3) is 0 Å². The zero-order valence-corrected chi connectivity index (χ0v) is 11.6. The molecule has 0 saturated heterocycles. The van der Waals surface area contributed by atoms with E-state index in [1.165, 1.54) is 36.8 Å². The quantitative estimate of drug-likeness (QED) is 0.838. The Morgan fingerprint density at radius 1 is 1.22 bits per heavy atom. The fourth-order valence-electron chi connectivity index (χ4n) is 2.54. The van der Waals surface area contributed by atoms with Crippen molar-refractivity contribution < 1.29 is 5.11 Å². The van der Waals surface area contributed by atoms with E-state index < -0.39 is 0 Å². The van der Waals surface area contributed by atoms with E-state index >= 15 is 0 Å². The molecule has 0 aliphatic heterocycles. The number of nitrogens with one attached hydrogen (secondary N) is 1. The van der Waals surface area contributed by atoms with Crippen molar-refractivity contribution in [3.63, 3.8) is 0 Å². The minimum Gasteiger partial charge on any atom is -0.387 e. The van der Waals surface area contributed by atoms with E-state index in [4.69, 9.17) is 0 Å². The van der Waals surface area contributed by atoms with Crippen molar-refractivity contribution in [1.29, 1.82) is 0 Å². The van der Waals surface area contributed by atoms with Gasteiger partial charge in [-0.05, 0) is 55.7 Å². The number of benzene rings is 1. The van der Waals surface area contributed by atoms with Gasteiger partial charge in [0.1, 0.15) is 0 Å². The van der Waals surface area contributed by atoms with Gasteiger partial charge in [0.05, 0.1) is 6.10 Å². The maximum Gasteiger partial charge on any atom is 0.0914 e. The van der Waals surface area contributed by atoms with Crippen LogP contribution in [-0.4, -0.2) is 17.7 Å². The van der Waals surface area contributed by atoms with Gasteiger partial charge in [0.15, 0.2) is 0 Å². The summed E-state index contributed by atoms with van der Waals surface area (Å²) in [7, 11) is 0. The monoisotopic (exact) mass is 247 g/mol. The molecule has 0 amide bonds. The van der Waals surface area contributed by atoms with Crippen LogP contribution in [0.3, 0.4) is 0 Å². The summed E-state index contributed by atoms with van der Waals surface area (Å²) in [6.45, 7) is 4.95. The Bertz CT molecular complexity index is 389. The van der Waals surface area contributed by atoms with E-state index in [1.54, 1.807) is 0 Å². The molecule has 2 heteroatoms. The van der Waals surface area contributed by atoms with Gasteiger partial charge in [-0.1, -0.05) is 25.1 Å². The van der Waals surface area contributed by atoms with Gasteiger partial charge < -0.3 is 10.4 Å². The Kier molecular flexibility index (Phi) is 4.79. The first-order valence-electron chi connectivity index (χ1n) is 7.24. The van der Waals surface area contributed by atoms with Gasteiger partial charge in [0, 0.05) is 12.6 Å². The van der Waals surface area contributed by atoms with E-state index in [0.717, 1.165) is 12.0 Å². The van der Waals surface area contributed by atoms with Crippen LogP contribution in [0.15, 0.2) is 18.2 Å². The molecule has 0 aromatic heterocycles. The van der Waals surface area contributed by atoms with Crippen LogP contribution in [0.2, 0.25) is 0 Å². The molecule has 0 fully saturated rings. The number of aliphatic hydroxyl groups is 1. The van der Waals surface area contributed by atoms with Gasteiger partial charge in [-0.2, -0.15) is 0 Å². The van der Waals surface area contributed by atoms with E-state index in [9.17, 15) is 5.11 Å². The lowest BCUT2D eigenvalue weighted by Crippen LogP contribution is -2.29. The normalized spacial score (nSPS) is 18.2. The topological polar surface area (TPSA) is 32.3 Å². The molecule has 0 spiro atoms. The second kappa shape index (κ2) is 6.35. The maximum absolute atomic E-state index is 10.2. The molecule has 1 aromatic rings. The highest BCUT2D eigenvalue weighted by atomic mass is 16.3. The number of hydrogen-bond donors (Lipinski definition) is 2. The van der Waals surface area contributed by atoms with Gasteiger partial charge in [0.2, 0.25) is 0 Å². The molecule has 1 aliphatic rings. The molecule has 100 valence electrons. The molecule has 0 radical (unpaired) electrons. The fourth-order valence-corrected chi connectivity index (χ4v) is 2.54. The summed E-state index contributed by atoms with van der Waals surface area (Å²) in [5, 5.41) is 13.6. The predicted molar refractivity (Wildman–Crippen MR) is 75.8 cm³/mol. The van der Waals surface area contributed by atoms with E-state index in [1.807, 2.05) is 0 Å². The lowest BCUT2D eigenvalue weighted by molar-refractivity contribution is 0.170. The Morgan fingerprint density at radius 3 is 2.67 bits per heavy atom. The van der Waals surface area contributed by atoms with Gasteiger partial charge in [-0.25, -0.2) is 0 Å². The van der Waals surface area contributed by atoms with Crippen molar-refractivity contribution in [3.8, 4) is 0 Å². The van der Waals surface area contributed by atoms with Crippen molar-refractivity contribution in [2.45, 2.75) is 58.1 Å². The van der Waals surface area contributed by atoms with E-state index in [-0.39, 0.29) is 6.10 Å². The summed E-state index contributed by atoms with van der Waals surface area (Å²) in [6.07, 6.45) is 5.69. The summed E-state index contributed by atoms with van der Waals surface area (Å²) in [5.41, 5.74) is 3.99. The largest absolute Gasteiger partial charge is 0.387 e. The first-order chi connectivity index (χ1) is 8.70. The third kappa shape index (κ3) is 3.33. The first-order valence-corrected chi connectivity index (χ1v) is 7.24. The molecule has 2 atom stereocenters. The van der Waals surface area contributed by atoms with Crippen LogP contribution in [0.25, 0.3) is 0 Å². The molecule has 0 bridgehead atoms. The van der Waals surface area contributed by atoms with Gasteiger partial charge in [-0.15, -0.1) is 0 Å². The number of aryl methyl sites for hydroxylation is 2. The zero-order valence-electron chi connectivity index (χ0n) is 11.6. The van der Waals surface area contributed by atoms with Crippen LogP contribution in [0.1, 0.15) is 55.9 Å². The van der Waals surface area contributed by atoms with Crippen molar-refractivity contribution in [3.05, 3.63) is 34.9 Å². The number of aliphatic hydroxyl groups excluding tert-OH is 1. The van der Waals surface area contributed by atoms with Crippen LogP contribution < -0.4 is 5.32 Å². The first kappa shape index (κ1) is 13.6. The standard InChI is InChI=1S/C16H25NO/c1-3-12(2)17-11-16(18)15-9-8-13-6-4-5-7-14(13)10-15/h8-10,12,16-18H,3-7,11H2,1-2H3/t12?,16-/m0/s1. The highest BCUT2D eigenvalue weighted by molar-refractivity contribution is 5.34. The molecule has 2 nitrogen and oxygen atoms in total. The molecular weight excluding hydrogens is 222 g/mol. The van der Waals surface area contributed by atoms with Crippen molar-refractivity contribution >= 4 is 0 Å². The SMILES string of the molecule is CCC(C)NC[C@H](O)c1ccc2c(c1)CCCC2. The summed E-state index contributed by atoms with van der Waals surface area (Å²) in [6, 6.07) is 6.97. The van der Waals surface area contributed by atoms with E-state index in [0.29, 0.717) is 12.6 Å². The van der Waals surface area contributed by atoms with Crippen molar-refractivity contribution in [2.75, 3.05) is 6.54 Å². The minimum atomic E-state index is -0.383. The number of rotatable bonds is 5. The van der Waals surface area contributed by atoms with Crippen molar-refractivity contribution in [2.24, 2.45) is 0 Å². The molecule has 1 unspecified atom stereocenters. The van der Waals surface area contributed by atoms with E-state index in [2.05, 4.69) is 37.4 Å². The average molecular weight is 247 g/mol. The summed E-state index contributed by atoms with van der Waals surface area (Å²) >= 11 is 0. The highest BCUT2D eigenvalue weighted by Gasteiger charge is 2.13. The molecule has 0 heterocycles. The smallest absolute Gasteiger partial charge is 0.0914 e. The Hall–Kier alpha value is -0.860. The van der Waals surface area contributed by atoms with Crippen LogP contribution in [-0.2, 0) is 12.8 Å². The second-order valence-corrected chi connectivity index (χ2v) is 5.47. The highest BCUT2D eigenvalue weighted by Crippen LogP contribution is 2.24. The third-order valence-corrected chi connectivity index (χ3v) is 4.03. The lowest BCUT2D eigenvalue weighted by Gasteiger charge is -2.20. The molecule has 2 N–H and O–H groups in total. The zero-order chi connectivity index (χ0) is 13.0. The van der Waals surface area contributed by atoms with Crippen molar-refractivity contribution in [1.82, 2.24) is 5.32 Å². The summed E-state index contributed by atoms with van der Waals surface area (Å²) < 4.78 is 0. The molecule has 2 rings (SSSR count). The molecular formula is C16H25NO. The molecule has 0 saturated carbocycles. The van der Waals surface area contributed by atoms with Gasteiger partial charge >= 0.3 is 0 Å². The van der Waals surface area contributed by atoms with Crippen LogP contribution >= 0.6 is 0 Å². The number of hydrogen-bond acceptors (Lipinski definition) is 2. The molecule has 1 aliphatic carbocycles.